The lowest BCUT2D eigenvalue weighted by Crippen LogP contribution is -2.59. The van der Waals surface area contributed by atoms with E-state index >= 15 is 0 Å². The zero-order valence-electron chi connectivity index (χ0n) is 40.1. The molecule has 3 rings (SSSR count). The second-order valence-corrected chi connectivity index (χ2v) is 19.8. The molecule has 64 heavy (non-hydrogen) atoms. The Hall–Kier alpha value is -2.03. The largest absolute Gasteiger partial charge is 0.459 e. The average Bonchev–Trinajstić information content (AvgIpc) is 3.22. The maximum Gasteiger partial charge on any atom is 0.416 e. The molecule has 6 unspecified atom stereocenters. The number of hydrogen-bond acceptors (Lipinski definition) is 13. The summed E-state index contributed by atoms with van der Waals surface area (Å²) in [6.07, 6.45) is -12.2. The number of benzene rings is 1. The van der Waals surface area contributed by atoms with E-state index in [4.69, 9.17) is 40.6 Å². The first-order valence-electron chi connectivity index (χ1n) is 22.9. The second kappa shape index (κ2) is 23.3. The number of carbonyl (C=O) groups is 1. The third-order valence-corrected chi connectivity index (χ3v) is 14.0. The van der Waals surface area contributed by atoms with Crippen molar-refractivity contribution in [3.05, 3.63) is 29.8 Å². The first kappa shape index (κ1) is 56.3. The van der Waals surface area contributed by atoms with Crippen LogP contribution >= 0.6 is 12.2 Å². The van der Waals surface area contributed by atoms with Crippen molar-refractivity contribution in [1.82, 2.24) is 0 Å². The molecule has 2 saturated heterocycles. The summed E-state index contributed by atoms with van der Waals surface area (Å²) < 4.78 is 77.5. The normalized spacial score (nSPS) is 31.2. The summed E-state index contributed by atoms with van der Waals surface area (Å²) in [6.45, 7) is 20.9. The minimum atomic E-state index is -4.56. The minimum absolute atomic E-state index is 0.0266. The molecule has 18 atom stereocenters. The lowest BCUT2D eigenvalue weighted by Gasteiger charge is -2.48. The van der Waals surface area contributed by atoms with Crippen molar-refractivity contribution in [3.63, 3.8) is 0 Å². The first-order valence-corrected chi connectivity index (χ1v) is 23.3. The van der Waals surface area contributed by atoms with Gasteiger partial charge in [-0.25, -0.2) is 0 Å². The van der Waals surface area contributed by atoms with E-state index in [1.807, 2.05) is 27.7 Å². The van der Waals surface area contributed by atoms with Gasteiger partial charge in [-0.2, -0.15) is 13.2 Å². The molecule has 17 heteroatoms. The maximum absolute atomic E-state index is 14.5. The van der Waals surface area contributed by atoms with Gasteiger partial charge in [0.25, 0.3) is 0 Å². The summed E-state index contributed by atoms with van der Waals surface area (Å²) in [5.41, 5.74) is -5.42. The Morgan fingerprint density at radius 3 is 2.23 bits per heavy atom. The van der Waals surface area contributed by atoms with E-state index in [9.17, 15) is 43.5 Å². The Morgan fingerprint density at radius 1 is 1.03 bits per heavy atom. The Morgan fingerprint density at radius 2 is 1.67 bits per heavy atom. The number of aliphatic hydroxyl groups is 5. The summed E-state index contributed by atoms with van der Waals surface area (Å²) in [5, 5.41) is 61.1. The fraction of sp³-hybridized carbons (Fsp3) is 0.830. The van der Waals surface area contributed by atoms with Crippen LogP contribution in [-0.2, 0) is 39.4 Å². The minimum Gasteiger partial charge on any atom is -0.459 e. The highest BCUT2D eigenvalue weighted by Crippen LogP contribution is 2.41. The molecule has 2 fully saturated rings. The second-order valence-electron chi connectivity index (χ2n) is 19.3. The molecule has 0 aromatic heterocycles. The monoisotopic (exact) mass is 938 g/mol. The lowest BCUT2D eigenvalue weighted by atomic mass is 9.77. The lowest BCUT2D eigenvalue weighted by molar-refractivity contribution is -0.318. The number of halogens is 3. The van der Waals surface area contributed by atoms with Gasteiger partial charge < -0.3 is 59.3 Å². The van der Waals surface area contributed by atoms with Crippen molar-refractivity contribution in [2.24, 2.45) is 29.6 Å². The molecule has 370 valence electrons. The molecule has 2 aliphatic heterocycles. The zero-order chi connectivity index (χ0) is 48.7. The van der Waals surface area contributed by atoms with Gasteiger partial charge in [0.1, 0.15) is 23.9 Å². The van der Waals surface area contributed by atoms with Crippen LogP contribution < -0.4 is 5.32 Å². The maximum atomic E-state index is 14.5. The summed E-state index contributed by atoms with van der Waals surface area (Å²) in [6, 6.07) is 4.54. The molecule has 1 aromatic carbocycles. The molecule has 0 saturated carbocycles. The fourth-order valence-electron chi connectivity index (χ4n) is 9.41. The molecule has 13 nitrogen and oxygen atoms in total. The number of thiocarbonyl (C=S) groups is 1. The number of carbonyl (C=O) groups excluding carboxylic acids is 1. The number of esters is 1. The number of alkyl halides is 3. The highest BCUT2D eigenvalue weighted by Gasteiger charge is 2.52. The number of aliphatic hydroxyl groups excluding tert-OH is 3. The number of ether oxygens (including phenoxy) is 6. The highest BCUT2D eigenvalue weighted by atomic mass is 32.1. The van der Waals surface area contributed by atoms with Crippen molar-refractivity contribution >= 4 is 28.9 Å². The molecule has 0 aliphatic carbocycles. The smallest absolute Gasteiger partial charge is 0.416 e. The molecule has 1 aromatic rings. The number of rotatable bonds is 22. The molecule has 0 bridgehead atoms. The van der Waals surface area contributed by atoms with Gasteiger partial charge in [0.15, 0.2) is 12.6 Å². The topological polar surface area (TPSA) is 186 Å². The van der Waals surface area contributed by atoms with E-state index in [1.165, 1.54) is 26.2 Å². The van der Waals surface area contributed by atoms with E-state index in [-0.39, 0.29) is 47.9 Å². The van der Waals surface area contributed by atoms with Crippen LogP contribution in [0.2, 0.25) is 0 Å². The van der Waals surface area contributed by atoms with Crippen LogP contribution in [0.1, 0.15) is 134 Å². The molecular formula is C47H78F3NO12S. The third-order valence-electron chi connectivity index (χ3n) is 13.7. The van der Waals surface area contributed by atoms with E-state index in [1.54, 1.807) is 48.5 Å². The number of methoxy groups -OCH3 is 1. The molecular weight excluding hydrogens is 860 g/mol. The average molecular weight is 938 g/mol. The van der Waals surface area contributed by atoms with Crippen molar-refractivity contribution in [1.29, 1.82) is 0 Å². The Bertz CT molecular complexity index is 1640. The summed E-state index contributed by atoms with van der Waals surface area (Å²) in [5.74, 6) is -3.60. The van der Waals surface area contributed by atoms with Crippen LogP contribution in [0.3, 0.4) is 0 Å². The van der Waals surface area contributed by atoms with Crippen LogP contribution in [0, 0.1) is 29.6 Å². The fourth-order valence-corrected chi connectivity index (χ4v) is 9.79. The summed E-state index contributed by atoms with van der Waals surface area (Å²) in [7, 11) is 1.47. The number of hydrogen-bond donors (Lipinski definition) is 6. The first-order chi connectivity index (χ1) is 29.6. The van der Waals surface area contributed by atoms with Crippen molar-refractivity contribution < 1.29 is 71.9 Å². The highest BCUT2D eigenvalue weighted by molar-refractivity contribution is 7.80. The van der Waals surface area contributed by atoms with Crippen LogP contribution in [0.15, 0.2) is 24.3 Å². The van der Waals surface area contributed by atoms with Crippen LogP contribution in [0.5, 0.6) is 0 Å². The quantitative estimate of drug-likeness (QED) is 0.0495. The van der Waals surface area contributed by atoms with E-state index < -0.39 is 108 Å². The third kappa shape index (κ3) is 14.3. The van der Waals surface area contributed by atoms with Gasteiger partial charge >= 0.3 is 12.1 Å². The van der Waals surface area contributed by atoms with Gasteiger partial charge in [-0.15, -0.1) is 0 Å². The standard InChI is InChI=1S/C47H78F3NO12S/c1-14-25(4)23-44(10,56)41(63-43-37(52)31(15-2)21-27(6)59-43)28(7)38(62-36-24-45(11,58-13)40(54)30(9)60-36)29(8)42(55)61-34(16-3)46(12,57)39(53)26(5)20-35(64)51-33-19-17-18-32(22-33)47(48,49)50/h17-19,22,25-31,34,36-41,43,52-54,56-57H,14-16,20-21,23-24H2,1-13H3,(H,51,64)/t25-,26?,27?,28-,29?,30?,31-,34+,36-,37+,38-,39?,40-,41+,43?,44+,45+,46+/m0/s1. The Balaban J connectivity index is 1.97. The van der Waals surface area contributed by atoms with Gasteiger partial charge in [-0.05, 0) is 96.8 Å². The van der Waals surface area contributed by atoms with Gasteiger partial charge in [0.2, 0.25) is 0 Å². The molecule has 6 N–H and O–H groups in total. The van der Waals surface area contributed by atoms with Gasteiger partial charge in [-0.3, -0.25) is 4.79 Å². The SMILES string of the molecule is CC[C@H](C)C[C@@](C)(O)[C@H](OC1OC(C)C[C@H](CC)[C@H]1O)[C@@H](C)[C@H](O[C@H]1C[C@@](C)(OC)[C@@H](O)C(C)O1)C(C)C(=O)O[C@H](CC)[C@@](C)(O)C(O)C(C)CC(=S)Nc1cccc(C(F)(F)F)c1. The van der Waals surface area contributed by atoms with Crippen LogP contribution in [0.4, 0.5) is 18.9 Å². The van der Waals surface area contributed by atoms with E-state index in [0.717, 1.165) is 18.6 Å². The number of nitrogens with one attached hydrogen (secondary N) is 1. The van der Waals surface area contributed by atoms with Gasteiger partial charge in [0.05, 0.1) is 58.2 Å². The van der Waals surface area contributed by atoms with E-state index in [0.29, 0.717) is 19.3 Å². The van der Waals surface area contributed by atoms with Gasteiger partial charge in [-0.1, -0.05) is 72.7 Å². The molecule has 2 aliphatic rings. The molecule has 0 radical (unpaired) electrons. The Labute approximate surface area is 384 Å². The zero-order valence-corrected chi connectivity index (χ0v) is 40.9. The van der Waals surface area contributed by atoms with Crippen molar-refractivity contribution in [2.75, 3.05) is 12.4 Å². The van der Waals surface area contributed by atoms with Crippen LogP contribution in [0.25, 0.3) is 0 Å². The van der Waals surface area contributed by atoms with Gasteiger partial charge in [0, 0.05) is 31.6 Å². The van der Waals surface area contributed by atoms with Crippen LogP contribution in [-0.4, -0.2) is 122 Å². The summed E-state index contributed by atoms with van der Waals surface area (Å²) in [4.78, 5) is 14.6. The predicted octanol–water partition coefficient (Wildman–Crippen LogP) is 7.56. The van der Waals surface area contributed by atoms with Crippen molar-refractivity contribution in [3.8, 4) is 0 Å². The predicted molar refractivity (Wildman–Crippen MR) is 240 cm³/mol. The Kier molecular flexibility index (Phi) is 20.5. The van der Waals surface area contributed by atoms with E-state index in [2.05, 4.69) is 5.32 Å². The molecule has 0 spiro atoms. The molecule has 2 heterocycles. The van der Waals surface area contributed by atoms with Crippen molar-refractivity contribution in [2.45, 2.75) is 212 Å². The molecule has 0 amide bonds. The number of anilines is 1. The summed E-state index contributed by atoms with van der Waals surface area (Å²) >= 11 is 5.43.